The molecule has 4 rings (SSSR count). The lowest BCUT2D eigenvalue weighted by atomic mass is 10.1. The highest BCUT2D eigenvalue weighted by Crippen LogP contribution is 2.28. The highest BCUT2D eigenvalue weighted by molar-refractivity contribution is 5.96. The van der Waals surface area contributed by atoms with E-state index >= 15 is 0 Å². The third-order valence-electron chi connectivity index (χ3n) is 4.72. The van der Waals surface area contributed by atoms with Gasteiger partial charge in [-0.3, -0.25) is 9.78 Å². The molecule has 3 aromatic rings. The molecule has 1 saturated heterocycles. The summed E-state index contributed by atoms with van der Waals surface area (Å²) in [6, 6.07) is 16.4. The van der Waals surface area contributed by atoms with Gasteiger partial charge in [-0.2, -0.15) is 0 Å². The minimum absolute atomic E-state index is 0.220. The lowest BCUT2D eigenvalue weighted by Crippen LogP contribution is -2.25. The number of nitrogens with one attached hydrogen (secondary N) is 1. The zero-order valence-electron chi connectivity index (χ0n) is 14.3. The Morgan fingerprint density at radius 2 is 2.04 bits per heavy atom. The second kappa shape index (κ2) is 6.55. The van der Waals surface area contributed by atoms with Crippen LogP contribution in [0.3, 0.4) is 0 Å². The van der Waals surface area contributed by atoms with Crippen LogP contribution >= 0.6 is 0 Å². The fourth-order valence-electron chi connectivity index (χ4n) is 3.43. The number of carbonyl (C=O) groups excluding carboxylic acids is 1. The molecule has 0 bridgehead atoms. The molecule has 4 heteroatoms. The summed E-state index contributed by atoms with van der Waals surface area (Å²) in [7, 11) is 0. The average molecular weight is 331 g/mol. The first-order valence-corrected chi connectivity index (χ1v) is 8.70. The van der Waals surface area contributed by atoms with Crippen LogP contribution in [0.2, 0.25) is 0 Å². The largest absolute Gasteiger partial charge is 0.380 e. The van der Waals surface area contributed by atoms with Crippen molar-refractivity contribution in [1.29, 1.82) is 0 Å². The van der Waals surface area contributed by atoms with E-state index in [2.05, 4.69) is 35.4 Å². The molecule has 1 aliphatic heterocycles. The molecule has 25 heavy (non-hydrogen) atoms. The summed E-state index contributed by atoms with van der Waals surface area (Å²) < 4.78 is 0. The van der Waals surface area contributed by atoms with Gasteiger partial charge < -0.3 is 10.2 Å². The minimum Gasteiger partial charge on any atom is -0.380 e. The highest BCUT2D eigenvalue weighted by atomic mass is 16.2. The topological polar surface area (TPSA) is 45.2 Å². The van der Waals surface area contributed by atoms with Gasteiger partial charge >= 0.3 is 0 Å². The van der Waals surface area contributed by atoms with Gasteiger partial charge in [0.15, 0.2) is 0 Å². The van der Waals surface area contributed by atoms with Crippen LogP contribution in [0.4, 0.5) is 11.4 Å². The predicted octanol–water partition coefficient (Wildman–Crippen LogP) is 4.28. The van der Waals surface area contributed by atoms with E-state index < -0.39 is 0 Å². The summed E-state index contributed by atoms with van der Waals surface area (Å²) in [5.74, 6) is 0.220. The Morgan fingerprint density at radius 1 is 1.16 bits per heavy atom. The van der Waals surface area contributed by atoms with Crippen molar-refractivity contribution >= 4 is 28.2 Å². The predicted molar refractivity (Wildman–Crippen MR) is 102 cm³/mol. The van der Waals surface area contributed by atoms with Gasteiger partial charge in [-0.15, -0.1) is 0 Å². The number of pyridine rings is 1. The maximum atomic E-state index is 12.1. The van der Waals surface area contributed by atoms with Crippen LogP contribution in [0.15, 0.2) is 54.7 Å². The van der Waals surface area contributed by atoms with E-state index in [0.29, 0.717) is 13.0 Å². The first-order valence-electron chi connectivity index (χ1n) is 8.70. The van der Waals surface area contributed by atoms with Crippen LogP contribution in [-0.4, -0.2) is 17.4 Å². The van der Waals surface area contributed by atoms with Gasteiger partial charge in [0, 0.05) is 42.5 Å². The van der Waals surface area contributed by atoms with E-state index in [1.807, 2.05) is 41.4 Å². The van der Waals surface area contributed by atoms with E-state index in [-0.39, 0.29) is 5.91 Å². The van der Waals surface area contributed by atoms with E-state index in [9.17, 15) is 4.79 Å². The standard InChI is InChI=1S/C21H21N3O/c1-15-8-9-18-17(13-15)19(10-11-22-18)23-14-16-5-2-3-6-20(16)24-12-4-7-21(24)25/h2-3,5-6,8-11,13H,4,7,12,14H2,1H3,(H,22,23). The molecular weight excluding hydrogens is 310 g/mol. The van der Waals surface area contributed by atoms with Gasteiger partial charge in [0.05, 0.1) is 5.52 Å². The van der Waals surface area contributed by atoms with Crippen molar-refractivity contribution in [3.63, 3.8) is 0 Å². The number of aryl methyl sites for hydroxylation is 1. The quantitative estimate of drug-likeness (QED) is 0.776. The highest BCUT2D eigenvalue weighted by Gasteiger charge is 2.23. The van der Waals surface area contributed by atoms with E-state index in [4.69, 9.17) is 0 Å². The molecular formula is C21H21N3O. The van der Waals surface area contributed by atoms with Crippen LogP contribution in [0.25, 0.3) is 10.9 Å². The van der Waals surface area contributed by atoms with Crippen LogP contribution in [0.5, 0.6) is 0 Å². The number of para-hydroxylation sites is 1. The number of hydrogen-bond donors (Lipinski definition) is 1. The molecule has 0 radical (unpaired) electrons. The smallest absolute Gasteiger partial charge is 0.227 e. The maximum absolute atomic E-state index is 12.1. The summed E-state index contributed by atoms with van der Waals surface area (Å²) in [5, 5.41) is 4.65. The Bertz CT molecular complexity index is 935. The molecule has 0 saturated carbocycles. The summed E-state index contributed by atoms with van der Waals surface area (Å²) in [6.45, 7) is 3.57. The number of anilines is 2. The van der Waals surface area contributed by atoms with E-state index in [1.54, 1.807) is 0 Å². The third kappa shape index (κ3) is 3.07. The number of aromatic nitrogens is 1. The zero-order valence-corrected chi connectivity index (χ0v) is 14.3. The number of rotatable bonds is 4. The molecule has 0 aliphatic carbocycles. The van der Waals surface area contributed by atoms with Crippen molar-refractivity contribution in [1.82, 2.24) is 4.98 Å². The van der Waals surface area contributed by atoms with Gasteiger partial charge in [0.25, 0.3) is 0 Å². The number of carbonyl (C=O) groups is 1. The van der Waals surface area contributed by atoms with Crippen molar-refractivity contribution in [2.75, 3.05) is 16.8 Å². The Kier molecular flexibility index (Phi) is 4.10. The molecule has 0 spiro atoms. The number of hydrogen-bond acceptors (Lipinski definition) is 3. The Morgan fingerprint density at radius 3 is 2.88 bits per heavy atom. The fourth-order valence-corrected chi connectivity index (χ4v) is 3.43. The maximum Gasteiger partial charge on any atom is 0.227 e. The SMILES string of the molecule is Cc1ccc2nccc(NCc3ccccc3N3CCCC3=O)c2c1. The number of benzene rings is 2. The first kappa shape index (κ1) is 15.6. The Labute approximate surface area is 147 Å². The summed E-state index contributed by atoms with van der Waals surface area (Å²) >= 11 is 0. The van der Waals surface area contributed by atoms with Gasteiger partial charge in [-0.1, -0.05) is 29.8 Å². The third-order valence-corrected chi connectivity index (χ3v) is 4.72. The molecule has 2 aromatic carbocycles. The monoisotopic (exact) mass is 331 g/mol. The van der Waals surface area contributed by atoms with Gasteiger partial charge in [-0.05, 0) is 43.2 Å². The molecule has 1 N–H and O–H groups in total. The summed E-state index contributed by atoms with van der Waals surface area (Å²) in [6.07, 6.45) is 3.42. The minimum atomic E-state index is 0.220. The Hall–Kier alpha value is -2.88. The molecule has 4 nitrogen and oxygen atoms in total. The van der Waals surface area contributed by atoms with Crippen molar-refractivity contribution in [3.8, 4) is 0 Å². The number of nitrogens with zero attached hydrogens (tertiary/aromatic N) is 2. The average Bonchev–Trinajstić information content (AvgIpc) is 3.06. The van der Waals surface area contributed by atoms with Crippen LogP contribution in [0, 0.1) is 6.92 Å². The molecule has 1 amide bonds. The molecule has 1 aliphatic rings. The Balaban J connectivity index is 1.62. The van der Waals surface area contributed by atoms with E-state index in [0.717, 1.165) is 40.8 Å². The van der Waals surface area contributed by atoms with Crippen LogP contribution in [0.1, 0.15) is 24.0 Å². The zero-order chi connectivity index (χ0) is 17.2. The molecule has 126 valence electrons. The first-order chi connectivity index (χ1) is 12.2. The van der Waals surface area contributed by atoms with Gasteiger partial charge in [0.2, 0.25) is 5.91 Å². The van der Waals surface area contributed by atoms with Crippen LogP contribution in [-0.2, 0) is 11.3 Å². The van der Waals surface area contributed by atoms with Crippen molar-refractivity contribution in [2.45, 2.75) is 26.3 Å². The second-order valence-corrected chi connectivity index (χ2v) is 6.51. The molecule has 1 fully saturated rings. The second-order valence-electron chi connectivity index (χ2n) is 6.51. The summed E-state index contributed by atoms with van der Waals surface area (Å²) in [5.41, 5.74) is 5.42. The van der Waals surface area contributed by atoms with Crippen molar-refractivity contribution < 1.29 is 4.79 Å². The normalized spacial score (nSPS) is 14.3. The van der Waals surface area contributed by atoms with Gasteiger partial charge in [0.1, 0.15) is 0 Å². The fraction of sp³-hybridized carbons (Fsp3) is 0.238. The number of amides is 1. The van der Waals surface area contributed by atoms with Gasteiger partial charge in [-0.25, -0.2) is 0 Å². The molecule has 0 unspecified atom stereocenters. The molecule has 0 atom stereocenters. The molecule has 1 aromatic heterocycles. The molecule has 2 heterocycles. The number of fused-ring (bicyclic) bond motifs is 1. The van der Waals surface area contributed by atoms with Crippen LogP contribution < -0.4 is 10.2 Å². The van der Waals surface area contributed by atoms with E-state index in [1.165, 1.54) is 5.56 Å². The summed E-state index contributed by atoms with van der Waals surface area (Å²) in [4.78, 5) is 18.5. The lowest BCUT2D eigenvalue weighted by Gasteiger charge is -2.20. The van der Waals surface area contributed by atoms with Crippen molar-refractivity contribution in [3.05, 3.63) is 65.9 Å². The van der Waals surface area contributed by atoms with Crippen molar-refractivity contribution in [2.24, 2.45) is 0 Å². The lowest BCUT2D eigenvalue weighted by molar-refractivity contribution is -0.117.